The van der Waals surface area contributed by atoms with E-state index in [-0.39, 0.29) is 11.6 Å². The van der Waals surface area contributed by atoms with Gasteiger partial charge < -0.3 is 14.6 Å². The zero-order valence-corrected chi connectivity index (χ0v) is 22.9. The van der Waals surface area contributed by atoms with Crippen molar-refractivity contribution in [1.82, 2.24) is 9.47 Å². The molecule has 0 unspecified atom stereocenters. The van der Waals surface area contributed by atoms with E-state index in [0.717, 1.165) is 30.8 Å². The minimum atomic E-state index is -0.476. The van der Waals surface area contributed by atoms with Crippen LogP contribution in [0.25, 0.3) is 16.6 Å². The molecule has 1 fully saturated rings. The maximum absolute atomic E-state index is 13.0. The highest BCUT2D eigenvalue weighted by Crippen LogP contribution is 2.33. The summed E-state index contributed by atoms with van der Waals surface area (Å²) in [6.45, 7) is 3.22. The minimum absolute atomic E-state index is 0.0291. The van der Waals surface area contributed by atoms with Gasteiger partial charge in [-0.1, -0.05) is 29.8 Å². The molecule has 5 aromatic rings. The van der Waals surface area contributed by atoms with E-state index in [2.05, 4.69) is 39.2 Å². The van der Waals surface area contributed by atoms with Crippen LogP contribution < -0.4 is 10.1 Å². The van der Waals surface area contributed by atoms with E-state index >= 15 is 0 Å². The molecule has 0 radical (unpaired) electrons. The molecular formula is C32H27ClN4O4. The monoisotopic (exact) mass is 566 g/mol. The van der Waals surface area contributed by atoms with Crippen LogP contribution in [0, 0.1) is 10.1 Å². The van der Waals surface area contributed by atoms with Gasteiger partial charge in [-0.05, 0) is 92.2 Å². The first-order valence-corrected chi connectivity index (χ1v) is 13.8. The molecule has 6 rings (SSSR count). The smallest absolute Gasteiger partial charge is 0.269 e. The summed E-state index contributed by atoms with van der Waals surface area (Å²) in [6.07, 6.45) is 4.73. The van der Waals surface area contributed by atoms with Crippen molar-refractivity contribution in [2.75, 3.05) is 18.4 Å². The van der Waals surface area contributed by atoms with Crippen LogP contribution in [0.3, 0.4) is 0 Å². The van der Waals surface area contributed by atoms with Gasteiger partial charge in [-0.15, -0.1) is 0 Å². The van der Waals surface area contributed by atoms with Crippen molar-refractivity contribution in [1.29, 1.82) is 0 Å². The molecule has 0 bridgehead atoms. The molecule has 1 aromatic heterocycles. The number of halogens is 1. The summed E-state index contributed by atoms with van der Waals surface area (Å²) in [5, 5.41) is 15.3. The standard InChI is InChI=1S/C32H27ClN4O4/c33-29-19-24(9-16-31(29)41-27-14-12-26(13-15-27)37(39)40)34-32(38)22-7-10-25(11-8-22)36-21-23(20-35-17-3-4-18-35)28-5-1-2-6-30(28)36/h1-2,5-16,19,21H,3-4,17-18,20H2,(H,34,38). The molecule has 1 saturated heterocycles. The first-order chi connectivity index (χ1) is 19.9. The average Bonchev–Trinajstić information content (AvgIpc) is 3.63. The molecule has 1 aliphatic rings. The SMILES string of the molecule is O=C(Nc1ccc(Oc2ccc([N+](=O)[O-])cc2)c(Cl)c1)c1ccc(-n2cc(CN3CCCC3)c3ccccc32)cc1. The lowest BCUT2D eigenvalue weighted by Gasteiger charge is -2.13. The molecule has 0 atom stereocenters. The fraction of sp³-hybridized carbons (Fsp3) is 0.156. The summed E-state index contributed by atoms with van der Waals surface area (Å²) < 4.78 is 7.93. The Morgan fingerprint density at radius 3 is 2.39 bits per heavy atom. The number of anilines is 1. The molecule has 0 spiro atoms. The number of para-hydroxylation sites is 1. The number of amides is 1. The van der Waals surface area contributed by atoms with Crippen molar-refractivity contribution < 1.29 is 14.5 Å². The lowest BCUT2D eigenvalue weighted by atomic mass is 10.1. The highest BCUT2D eigenvalue weighted by atomic mass is 35.5. The number of carbonyl (C=O) groups is 1. The Morgan fingerprint density at radius 2 is 1.68 bits per heavy atom. The van der Waals surface area contributed by atoms with Crippen molar-refractivity contribution in [2.45, 2.75) is 19.4 Å². The molecular weight excluding hydrogens is 540 g/mol. The molecule has 9 heteroatoms. The number of nitrogens with zero attached hydrogens (tertiary/aromatic N) is 3. The summed E-state index contributed by atoms with van der Waals surface area (Å²) >= 11 is 6.39. The van der Waals surface area contributed by atoms with Crippen LogP contribution >= 0.6 is 11.6 Å². The normalized spacial score (nSPS) is 13.4. The second-order valence-electron chi connectivity index (χ2n) is 10.0. The van der Waals surface area contributed by atoms with E-state index in [0.29, 0.717) is 27.8 Å². The van der Waals surface area contributed by atoms with E-state index in [9.17, 15) is 14.9 Å². The number of nitro benzene ring substituents is 1. The van der Waals surface area contributed by atoms with Crippen LogP contribution in [0.15, 0.2) is 97.2 Å². The molecule has 206 valence electrons. The number of aromatic nitrogens is 1. The lowest BCUT2D eigenvalue weighted by molar-refractivity contribution is -0.384. The van der Waals surface area contributed by atoms with Crippen LogP contribution in [0.4, 0.5) is 11.4 Å². The molecule has 4 aromatic carbocycles. The quantitative estimate of drug-likeness (QED) is 0.153. The third kappa shape index (κ3) is 5.79. The van der Waals surface area contributed by atoms with Crippen molar-refractivity contribution >= 4 is 39.8 Å². The van der Waals surface area contributed by atoms with Crippen LogP contribution in [-0.2, 0) is 6.54 Å². The predicted molar refractivity (Wildman–Crippen MR) is 160 cm³/mol. The fourth-order valence-corrected chi connectivity index (χ4v) is 5.39. The Hall–Kier alpha value is -4.66. The Kier molecular flexibility index (Phi) is 7.41. The molecule has 1 amide bonds. The number of non-ortho nitro benzene ring substituents is 1. The van der Waals surface area contributed by atoms with Crippen molar-refractivity contribution in [3.8, 4) is 17.2 Å². The maximum atomic E-state index is 13.0. The van der Waals surface area contributed by atoms with Crippen molar-refractivity contribution in [3.63, 3.8) is 0 Å². The molecule has 8 nitrogen and oxygen atoms in total. The van der Waals surface area contributed by atoms with Crippen LogP contribution in [-0.4, -0.2) is 33.4 Å². The van der Waals surface area contributed by atoms with Crippen molar-refractivity contribution in [2.24, 2.45) is 0 Å². The third-order valence-corrected chi connectivity index (χ3v) is 7.56. The highest BCUT2D eigenvalue weighted by molar-refractivity contribution is 6.32. The zero-order valence-electron chi connectivity index (χ0n) is 22.1. The molecule has 1 aliphatic heterocycles. The largest absolute Gasteiger partial charge is 0.456 e. The van der Waals surface area contributed by atoms with Gasteiger partial charge in [0.25, 0.3) is 11.6 Å². The second-order valence-corrected chi connectivity index (χ2v) is 10.4. The maximum Gasteiger partial charge on any atom is 0.269 e. The molecule has 2 heterocycles. The second kappa shape index (κ2) is 11.4. The average molecular weight is 567 g/mol. The Morgan fingerprint density at radius 1 is 0.951 bits per heavy atom. The first-order valence-electron chi connectivity index (χ1n) is 13.4. The van der Waals surface area contributed by atoms with Gasteiger partial charge in [-0.3, -0.25) is 19.8 Å². The number of benzene rings is 4. The summed E-state index contributed by atoms with van der Waals surface area (Å²) in [4.78, 5) is 25.9. The lowest BCUT2D eigenvalue weighted by Crippen LogP contribution is -2.18. The number of carbonyl (C=O) groups excluding carboxylic acids is 1. The zero-order chi connectivity index (χ0) is 28.3. The van der Waals surface area contributed by atoms with Crippen molar-refractivity contribution in [3.05, 3.63) is 123 Å². The Labute approximate surface area is 241 Å². The van der Waals surface area contributed by atoms with E-state index in [1.165, 1.54) is 48.1 Å². The van der Waals surface area contributed by atoms with Gasteiger partial charge in [-0.2, -0.15) is 0 Å². The molecule has 1 N–H and O–H groups in total. The third-order valence-electron chi connectivity index (χ3n) is 7.26. The van der Waals surface area contributed by atoms with Gasteiger partial charge in [0.2, 0.25) is 0 Å². The number of hydrogen-bond donors (Lipinski definition) is 1. The predicted octanol–water partition coefficient (Wildman–Crippen LogP) is 7.83. The van der Waals surface area contributed by atoms with Gasteiger partial charge >= 0.3 is 0 Å². The topological polar surface area (TPSA) is 89.6 Å². The molecule has 41 heavy (non-hydrogen) atoms. The van der Waals surface area contributed by atoms with E-state index in [1.54, 1.807) is 18.2 Å². The van der Waals surface area contributed by atoms with Crippen LogP contribution in [0.2, 0.25) is 5.02 Å². The summed E-state index contributed by atoms with van der Waals surface area (Å²) in [6, 6.07) is 26.6. The molecule has 0 saturated carbocycles. The number of rotatable bonds is 8. The number of ether oxygens (including phenoxy) is 1. The van der Waals surface area contributed by atoms with Gasteiger partial charge in [0.15, 0.2) is 0 Å². The fourth-order valence-electron chi connectivity index (χ4n) is 5.17. The van der Waals surface area contributed by atoms with E-state index in [1.807, 2.05) is 30.3 Å². The summed E-state index contributed by atoms with van der Waals surface area (Å²) in [7, 11) is 0. The number of hydrogen-bond acceptors (Lipinski definition) is 5. The van der Waals surface area contributed by atoms with Gasteiger partial charge in [0.05, 0.1) is 15.5 Å². The highest BCUT2D eigenvalue weighted by Gasteiger charge is 2.17. The van der Waals surface area contributed by atoms with E-state index < -0.39 is 4.92 Å². The Bertz CT molecular complexity index is 1730. The summed E-state index contributed by atoms with van der Waals surface area (Å²) in [5.41, 5.74) is 4.44. The number of fused-ring (bicyclic) bond motifs is 1. The van der Waals surface area contributed by atoms with E-state index in [4.69, 9.17) is 16.3 Å². The molecule has 0 aliphatic carbocycles. The van der Waals surface area contributed by atoms with Crippen LogP contribution in [0.5, 0.6) is 11.5 Å². The minimum Gasteiger partial charge on any atom is -0.456 e. The van der Waals surface area contributed by atoms with Gasteiger partial charge in [-0.25, -0.2) is 0 Å². The van der Waals surface area contributed by atoms with Gasteiger partial charge in [0.1, 0.15) is 11.5 Å². The first kappa shape index (κ1) is 26.6. The number of nitrogens with one attached hydrogen (secondary N) is 1. The van der Waals surface area contributed by atoms with Gasteiger partial charge in [0, 0.05) is 47.2 Å². The summed E-state index contributed by atoms with van der Waals surface area (Å²) in [5.74, 6) is 0.516. The number of likely N-dealkylation sites (tertiary alicyclic amines) is 1. The van der Waals surface area contributed by atoms with Crippen LogP contribution in [0.1, 0.15) is 28.8 Å². The Balaban J connectivity index is 1.15. The number of nitro groups is 1.